The summed E-state index contributed by atoms with van der Waals surface area (Å²) < 4.78 is 0. The summed E-state index contributed by atoms with van der Waals surface area (Å²) in [5.41, 5.74) is 8.13. The Morgan fingerprint density at radius 3 is 0.583 bits per heavy atom. The highest BCUT2D eigenvalue weighted by Gasteiger charge is 2.26. The van der Waals surface area contributed by atoms with Crippen LogP contribution in [0.2, 0.25) is 0 Å². The molecule has 0 N–H and O–H groups in total. The lowest BCUT2D eigenvalue weighted by molar-refractivity contribution is 0.102. The second-order valence-corrected chi connectivity index (χ2v) is 16.9. The molecule has 0 amide bonds. The average Bonchev–Trinajstić information content (AvgIpc) is 3.47. The summed E-state index contributed by atoms with van der Waals surface area (Å²) >= 11 is 0. The van der Waals surface area contributed by atoms with Gasteiger partial charge in [-0.05, 0) is 80.9 Å². The fourth-order valence-corrected chi connectivity index (χ4v) is 9.03. The number of rotatable bonds is 14. The maximum Gasteiger partial charge on any atom is 0.193 e. The molecule has 0 aromatic heterocycles. The summed E-state index contributed by atoms with van der Waals surface area (Å²) in [6.45, 7) is 4.00. The van der Waals surface area contributed by atoms with Crippen LogP contribution in [0.15, 0.2) is 255 Å². The maximum absolute atomic E-state index is 15.4. The first-order valence-electron chi connectivity index (χ1n) is 23.9. The number of carbonyl (C=O) groups excluding carboxylic acids is 5. The van der Waals surface area contributed by atoms with Crippen LogP contribution in [0.25, 0.3) is 44.5 Å². The first-order chi connectivity index (χ1) is 35.3. The van der Waals surface area contributed by atoms with Crippen molar-refractivity contribution in [2.75, 3.05) is 0 Å². The van der Waals surface area contributed by atoms with E-state index < -0.39 is 28.9 Å². The monoisotopic (exact) mass is 932 g/mol. The molecule has 0 fully saturated rings. The van der Waals surface area contributed by atoms with E-state index in [-0.39, 0.29) is 33.4 Å². The van der Waals surface area contributed by atoms with Crippen molar-refractivity contribution in [1.29, 1.82) is 0 Å². The van der Waals surface area contributed by atoms with Gasteiger partial charge in [0.05, 0.1) is 0 Å². The SMILES string of the molecule is CC.O=C(c1cc(C(=O)c2ccccc2-c2ccccc2)cc(C(=O)c2ccccc2-c2ccccc2)c1)c1cc(C(=O)c2ccccc2-c2ccccc2)cc(C(=O)c2ccccc2-c2ccccc2)c1. The van der Waals surface area contributed by atoms with Gasteiger partial charge in [-0.2, -0.15) is 0 Å². The summed E-state index contributed by atoms with van der Waals surface area (Å²) in [6, 6.07) is 76.2. The van der Waals surface area contributed by atoms with Crippen LogP contribution in [0.3, 0.4) is 0 Å². The predicted octanol–water partition coefficient (Wildman–Crippen LogP) is 15.5. The Morgan fingerprint density at radius 1 is 0.208 bits per heavy atom. The lowest BCUT2D eigenvalue weighted by Gasteiger charge is -2.15. The Hall–Kier alpha value is -9.45. The smallest absolute Gasteiger partial charge is 0.193 e. The molecule has 0 saturated heterocycles. The number of benzene rings is 10. The Balaban J connectivity index is 0.00000316. The summed E-state index contributed by atoms with van der Waals surface area (Å²) in [5.74, 6) is -2.17. The van der Waals surface area contributed by atoms with Crippen LogP contribution >= 0.6 is 0 Å². The second-order valence-electron chi connectivity index (χ2n) is 16.9. The molecule has 0 spiro atoms. The first-order valence-corrected chi connectivity index (χ1v) is 23.9. The van der Waals surface area contributed by atoms with Crippen LogP contribution < -0.4 is 0 Å². The van der Waals surface area contributed by atoms with Gasteiger partial charge in [0.1, 0.15) is 0 Å². The van der Waals surface area contributed by atoms with E-state index in [1.54, 1.807) is 60.7 Å². The minimum Gasteiger partial charge on any atom is -0.289 e. The second kappa shape index (κ2) is 21.9. The molecule has 10 aromatic carbocycles. The quantitative estimate of drug-likeness (QED) is 0.101. The van der Waals surface area contributed by atoms with Gasteiger partial charge >= 0.3 is 0 Å². The number of hydrogen-bond donors (Lipinski definition) is 0. The fraction of sp³-hybridized carbons (Fsp3) is 0.0299. The first kappa shape index (κ1) is 47.6. The van der Waals surface area contributed by atoms with Gasteiger partial charge in [0.25, 0.3) is 0 Å². The van der Waals surface area contributed by atoms with E-state index in [0.717, 1.165) is 22.3 Å². The Morgan fingerprint density at radius 2 is 0.375 bits per heavy atom. The number of hydrogen-bond acceptors (Lipinski definition) is 5. The summed E-state index contributed by atoms with van der Waals surface area (Å²) in [6.07, 6.45) is 0. The zero-order chi connectivity index (χ0) is 50.0. The third kappa shape index (κ3) is 10.00. The maximum atomic E-state index is 15.4. The van der Waals surface area contributed by atoms with Gasteiger partial charge in [0, 0.05) is 55.6 Å². The zero-order valence-electron chi connectivity index (χ0n) is 39.8. The molecular formula is C67H48O5. The molecule has 5 heteroatoms. The molecule has 0 aliphatic heterocycles. The van der Waals surface area contributed by atoms with Gasteiger partial charge in [0.2, 0.25) is 0 Å². The molecule has 0 atom stereocenters. The molecule has 0 saturated carbocycles. The number of ketones is 5. The molecule has 0 unspecified atom stereocenters. The van der Waals surface area contributed by atoms with E-state index in [1.165, 1.54) is 24.3 Å². The molecule has 72 heavy (non-hydrogen) atoms. The van der Waals surface area contributed by atoms with E-state index in [9.17, 15) is 19.2 Å². The van der Waals surface area contributed by atoms with Crippen molar-refractivity contribution in [2.24, 2.45) is 0 Å². The standard InChI is InChI=1S/C65H42O5.C2H6/c66-61(47-37-49(62(67)57-33-17-13-29-53(57)43-21-5-1-6-22-43)41-50(38-47)63(68)58-34-18-14-30-54(58)44-23-7-2-8-24-44)48-39-51(64(69)59-35-19-15-31-55(59)45-25-9-3-10-26-45)42-52(40-48)65(70)60-36-20-16-32-56(60)46-27-11-4-12-28-46;1-2/h1-42H;1-2H3. The Kier molecular flexibility index (Phi) is 14.5. The van der Waals surface area contributed by atoms with Crippen LogP contribution in [-0.4, -0.2) is 28.9 Å². The average molecular weight is 933 g/mol. The van der Waals surface area contributed by atoms with E-state index in [0.29, 0.717) is 44.5 Å². The van der Waals surface area contributed by atoms with Gasteiger partial charge < -0.3 is 0 Å². The lowest BCUT2D eigenvalue weighted by atomic mass is 9.86. The predicted molar refractivity (Wildman–Crippen MR) is 289 cm³/mol. The molecule has 0 aliphatic carbocycles. The molecule has 0 aliphatic rings. The van der Waals surface area contributed by atoms with Crippen molar-refractivity contribution < 1.29 is 24.0 Å². The van der Waals surface area contributed by atoms with Gasteiger partial charge in [-0.25, -0.2) is 0 Å². The van der Waals surface area contributed by atoms with Crippen molar-refractivity contribution in [3.8, 4) is 44.5 Å². The van der Waals surface area contributed by atoms with Crippen molar-refractivity contribution >= 4 is 28.9 Å². The minimum atomic E-state index is -0.590. The van der Waals surface area contributed by atoms with E-state index >= 15 is 4.79 Å². The van der Waals surface area contributed by atoms with E-state index in [1.807, 2.05) is 184 Å². The largest absolute Gasteiger partial charge is 0.289 e. The van der Waals surface area contributed by atoms with Crippen molar-refractivity contribution in [2.45, 2.75) is 13.8 Å². The van der Waals surface area contributed by atoms with Crippen LogP contribution in [0.4, 0.5) is 0 Å². The highest BCUT2D eigenvalue weighted by atomic mass is 16.1. The third-order valence-electron chi connectivity index (χ3n) is 12.5. The number of carbonyl (C=O) groups is 5. The summed E-state index contributed by atoms with van der Waals surface area (Å²) in [4.78, 5) is 75.2. The summed E-state index contributed by atoms with van der Waals surface area (Å²) in [5, 5.41) is 0. The molecule has 10 rings (SSSR count). The van der Waals surface area contributed by atoms with Crippen LogP contribution in [0.5, 0.6) is 0 Å². The molecule has 0 radical (unpaired) electrons. The zero-order valence-corrected chi connectivity index (χ0v) is 39.8. The topological polar surface area (TPSA) is 85.3 Å². The van der Waals surface area contributed by atoms with Crippen molar-refractivity contribution in [3.63, 3.8) is 0 Å². The Labute approximate surface area is 419 Å². The highest BCUT2D eigenvalue weighted by Crippen LogP contribution is 2.33. The highest BCUT2D eigenvalue weighted by molar-refractivity contribution is 6.22. The van der Waals surface area contributed by atoms with Gasteiger partial charge in [0.15, 0.2) is 28.9 Å². The molecule has 0 bridgehead atoms. The Bertz CT molecular complexity index is 3150. The normalized spacial score (nSPS) is 10.6. The van der Waals surface area contributed by atoms with Crippen LogP contribution in [-0.2, 0) is 0 Å². The molecule has 346 valence electrons. The minimum absolute atomic E-state index is 0.0287. The molecule has 10 aromatic rings. The van der Waals surface area contributed by atoms with E-state index in [4.69, 9.17) is 0 Å². The molecule has 0 heterocycles. The molecule has 5 nitrogen and oxygen atoms in total. The van der Waals surface area contributed by atoms with Crippen LogP contribution in [0, 0.1) is 0 Å². The van der Waals surface area contributed by atoms with Crippen LogP contribution in [0.1, 0.15) is 93.5 Å². The van der Waals surface area contributed by atoms with E-state index in [2.05, 4.69) is 0 Å². The lowest BCUT2D eigenvalue weighted by Crippen LogP contribution is -2.14. The van der Waals surface area contributed by atoms with Crippen molar-refractivity contribution in [1.82, 2.24) is 0 Å². The van der Waals surface area contributed by atoms with Gasteiger partial charge in [-0.15, -0.1) is 0 Å². The molecular weight excluding hydrogens is 885 g/mol. The van der Waals surface area contributed by atoms with Crippen molar-refractivity contribution in [3.05, 3.63) is 310 Å². The third-order valence-corrected chi connectivity index (χ3v) is 12.5. The fourth-order valence-electron chi connectivity index (χ4n) is 9.03. The summed E-state index contributed by atoms with van der Waals surface area (Å²) in [7, 11) is 0. The van der Waals surface area contributed by atoms with Gasteiger partial charge in [-0.3, -0.25) is 24.0 Å². The van der Waals surface area contributed by atoms with Gasteiger partial charge in [-0.1, -0.05) is 232 Å².